The predicted octanol–water partition coefficient (Wildman–Crippen LogP) is 0.309. The van der Waals surface area contributed by atoms with E-state index in [1.54, 1.807) is 19.4 Å². The van der Waals surface area contributed by atoms with Gasteiger partial charge in [-0.1, -0.05) is 5.16 Å². The first-order chi connectivity index (χ1) is 10.2. The van der Waals surface area contributed by atoms with Crippen LogP contribution in [0.3, 0.4) is 0 Å². The van der Waals surface area contributed by atoms with Gasteiger partial charge in [-0.05, 0) is 12.8 Å². The van der Waals surface area contributed by atoms with Crippen LogP contribution in [-0.4, -0.2) is 39.7 Å². The number of nitrogens with zero attached hydrogens (tertiary/aromatic N) is 5. The second kappa shape index (κ2) is 5.35. The van der Waals surface area contributed by atoms with Gasteiger partial charge in [0.2, 0.25) is 17.7 Å². The van der Waals surface area contributed by atoms with E-state index >= 15 is 0 Å². The van der Waals surface area contributed by atoms with Crippen molar-refractivity contribution in [1.82, 2.24) is 20.1 Å². The van der Waals surface area contributed by atoms with E-state index in [-0.39, 0.29) is 11.9 Å². The molecule has 1 amide bonds. The van der Waals surface area contributed by atoms with Crippen LogP contribution in [0.25, 0.3) is 0 Å². The number of nitrogens with two attached hydrogens (primary N) is 1. The van der Waals surface area contributed by atoms with Crippen LogP contribution >= 0.6 is 0 Å². The van der Waals surface area contributed by atoms with Crippen molar-refractivity contribution < 1.29 is 14.1 Å². The van der Waals surface area contributed by atoms with Crippen molar-refractivity contribution >= 4 is 11.9 Å². The van der Waals surface area contributed by atoms with Crippen molar-refractivity contribution in [2.24, 2.45) is 5.73 Å². The summed E-state index contributed by atoms with van der Waals surface area (Å²) < 4.78 is 10.2. The van der Waals surface area contributed by atoms with E-state index in [4.69, 9.17) is 15.0 Å². The summed E-state index contributed by atoms with van der Waals surface area (Å²) in [5.74, 6) is 0.507. The highest BCUT2D eigenvalue weighted by molar-refractivity contribution is 5.88. The number of amides is 1. The first-order valence-electron chi connectivity index (χ1n) is 6.46. The molecular formula is C12H14N6O3. The maximum absolute atomic E-state index is 11.0. The third kappa shape index (κ3) is 2.49. The summed E-state index contributed by atoms with van der Waals surface area (Å²) >= 11 is 0. The predicted molar refractivity (Wildman–Crippen MR) is 70.7 cm³/mol. The molecule has 3 rings (SSSR count). The van der Waals surface area contributed by atoms with Gasteiger partial charge in [-0.15, -0.1) is 0 Å². The van der Waals surface area contributed by atoms with Crippen molar-refractivity contribution in [3.05, 3.63) is 24.0 Å². The molecule has 0 bridgehead atoms. The Morgan fingerprint density at radius 1 is 1.52 bits per heavy atom. The van der Waals surface area contributed by atoms with Crippen molar-refractivity contribution in [2.45, 2.75) is 18.9 Å². The fourth-order valence-electron chi connectivity index (χ4n) is 2.32. The molecule has 1 fully saturated rings. The Kier molecular flexibility index (Phi) is 3.38. The lowest BCUT2D eigenvalue weighted by Gasteiger charge is -2.21. The van der Waals surface area contributed by atoms with Gasteiger partial charge in [0.25, 0.3) is 11.7 Å². The Morgan fingerprint density at radius 3 is 3.10 bits per heavy atom. The lowest BCUT2D eigenvalue weighted by atomic mass is 10.2. The summed E-state index contributed by atoms with van der Waals surface area (Å²) in [4.78, 5) is 25.6. The maximum Gasteiger partial charge on any atom is 0.290 e. The van der Waals surface area contributed by atoms with Gasteiger partial charge < -0.3 is 19.9 Å². The number of carbonyl (C=O) groups excluding carboxylic acids is 1. The molecule has 0 aromatic carbocycles. The molecule has 1 aliphatic rings. The number of anilines is 1. The van der Waals surface area contributed by atoms with Crippen molar-refractivity contribution in [1.29, 1.82) is 0 Å². The average molecular weight is 290 g/mol. The molecule has 9 heteroatoms. The lowest BCUT2D eigenvalue weighted by molar-refractivity contribution is 0.0987. The van der Waals surface area contributed by atoms with Crippen LogP contribution < -0.4 is 15.4 Å². The molecule has 0 radical (unpaired) electrons. The SMILES string of the molecule is COc1ccnc(N2CCCC2c2nc(C(N)=O)no2)n1. The number of methoxy groups -OCH3 is 1. The molecule has 110 valence electrons. The lowest BCUT2D eigenvalue weighted by Crippen LogP contribution is -2.25. The first-order valence-corrected chi connectivity index (χ1v) is 6.46. The van der Waals surface area contributed by atoms with Gasteiger partial charge in [0.1, 0.15) is 6.04 Å². The first kappa shape index (κ1) is 13.3. The summed E-state index contributed by atoms with van der Waals surface area (Å²) in [5, 5.41) is 3.57. The molecular weight excluding hydrogens is 276 g/mol. The molecule has 0 aliphatic carbocycles. The molecule has 3 heterocycles. The zero-order valence-corrected chi connectivity index (χ0v) is 11.4. The molecule has 0 saturated carbocycles. The van der Waals surface area contributed by atoms with E-state index < -0.39 is 5.91 Å². The molecule has 9 nitrogen and oxygen atoms in total. The van der Waals surface area contributed by atoms with Crippen LogP contribution in [0.1, 0.15) is 35.4 Å². The normalized spacial score (nSPS) is 18.0. The minimum Gasteiger partial charge on any atom is -0.481 e. The molecule has 1 saturated heterocycles. The monoisotopic (exact) mass is 290 g/mol. The molecule has 1 unspecified atom stereocenters. The molecule has 2 aromatic rings. The van der Waals surface area contributed by atoms with Gasteiger partial charge in [-0.25, -0.2) is 4.98 Å². The van der Waals surface area contributed by atoms with Crippen LogP contribution in [0.15, 0.2) is 16.8 Å². The van der Waals surface area contributed by atoms with Gasteiger partial charge in [-0.3, -0.25) is 4.79 Å². The minimum absolute atomic E-state index is 0.122. The van der Waals surface area contributed by atoms with E-state index in [2.05, 4.69) is 20.1 Å². The Balaban J connectivity index is 1.89. The third-order valence-corrected chi connectivity index (χ3v) is 3.28. The van der Waals surface area contributed by atoms with E-state index in [0.717, 1.165) is 19.4 Å². The molecule has 1 aliphatic heterocycles. The van der Waals surface area contributed by atoms with E-state index in [1.807, 2.05) is 4.90 Å². The highest BCUT2D eigenvalue weighted by Crippen LogP contribution is 2.33. The van der Waals surface area contributed by atoms with E-state index in [0.29, 0.717) is 17.7 Å². The van der Waals surface area contributed by atoms with E-state index in [9.17, 15) is 4.79 Å². The molecule has 2 aromatic heterocycles. The van der Waals surface area contributed by atoms with Crippen LogP contribution in [0.4, 0.5) is 5.95 Å². The number of rotatable bonds is 4. The number of hydrogen-bond donors (Lipinski definition) is 1. The Bertz CT molecular complexity index is 658. The quantitative estimate of drug-likeness (QED) is 0.854. The second-order valence-electron chi connectivity index (χ2n) is 4.57. The van der Waals surface area contributed by atoms with Crippen LogP contribution in [0.2, 0.25) is 0 Å². The largest absolute Gasteiger partial charge is 0.481 e. The molecule has 21 heavy (non-hydrogen) atoms. The van der Waals surface area contributed by atoms with Gasteiger partial charge in [-0.2, -0.15) is 9.97 Å². The van der Waals surface area contributed by atoms with Gasteiger partial charge in [0, 0.05) is 18.8 Å². The zero-order chi connectivity index (χ0) is 14.8. The Morgan fingerprint density at radius 2 is 2.38 bits per heavy atom. The average Bonchev–Trinajstić information content (AvgIpc) is 3.15. The van der Waals surface area contributed by atoms with E-state index in [1.165, 1.54) is 0 Å². The number of carbonyl (C=O) groups is 1. The molecule has 0 spiro atoms. The van der Waals surface area contributed by atoms with Crippen LogP contribution in [0, 0.1) is 0 Å². The highest BCUT2D eigenvalue weighted by Gasteiger charge is 2.33. The fraction of sp³-hybridized carbons (Fsp3) is 0.417. The van der Waals surface area contributed by atoms with Gasteiger partial charge in [0.05, 0.1) is 7.11 Å². The Hall–Kier alpha value is -2.71. The summed E-state index contributed by atoms with van der Waals surface area (Å²) in [6.45, 7) is 0.756. The smallest absolute Gasteiger partial charge is 0.290 e. The summed E-state index contributed by atoms with van der Waals surface area (Å²) in [6.07, 6.45) is 3.36. The number of ether oxygens (including phenoxy) is 1. The minimum atomic E-state index is -0.716. The maximum atomic E-state index is 11.0. The highest BCUT2D eigenvalue weighted by atomic mass is 16.5. The zero-order valence-electron chi connectivity index (χ0n) is 11.4. The summed E-state index contributed by atoms with van der Waals surface area (Å²) in [6, 6.07) is 1.50. The summed E-state index contributed by atoms with van der Waals surface area (Å²) in [7, 11) is 1.55. The van der Waals surface area contributed by atoms with Crippen LogP contribution in [0.5, 0.6) is 5.88 Å². The second-order valence-corrected chi connectivity index (χ2v) is 4.57. The molecule has 2 N–H and O–H groups in total. The van der Waals surface area contributed by atoms with Crippen molar-refractivity contribution in [3.8, 4) is 5.88 Å². The third-order valence-electron chi connectivity index (χ3n) is 3.28. The van der Waals surface area contributed by atoms with Crippen LogP contribution in [-0.2, 0) is 0 Å². The van der Waals surface area contributed by atoms with Gasteiger partial charge in [0.15, 0.2) is 0 Å². The Labute approximate surface area is 120 Å². The van der Waals surface area contributed by atoms with Crippen molar-refractivity contribution in [2.75, 3.05) is 18.6 Å². The number of aromatic nitrogens is 4. The van der Waals surface area contributed by atoms with Gasteiger partial charge >= 0.3 is 0 Å². The number of hydrogen-bond acceptors (Lipinski definition) is 8. The number of primary amides is 1. The fourth-order valence-corrected chi connectivity index (χ4v) is 2.32. The standard InChI is InChI=1S/C12H14N6O3/c1-20-8-4-5-14-12(15-8)18-6-2-3-7(18)11-16-10(9(13)19)17-21-11/h4-5,7H,2-3,6H2,1H3,(H2,13,19). The van der Waals surface area contributed by atoms with Crippen molar-refractivity contribution in [3.63, 3.8) is 0 Å². The topological polar surface area (TPSA) is 120 Å². The molecule has 1 atom stereocenters. The summed E-state index contributed by atoms with van der Waals surface area (Å²) in [5.41, 5.74) is 5.13.